The number of phenolic OH excluding ortho intramolecular Hbond substituents is 2. The molecule has 0 aliphatic heterocycles. The van der Waals surface area contributed by atoms with E-state index >= 15 is 0 Å². The van der Waals surface area contributed by atoms with Crippen LogP contribution in [0.5, 0.6) is 11.5 Å². The molecule has 0 aromatic heterocycles. The third-order valence-electron chi connectivity index (χ3n) is 7.44. The molecule has 0 saturated heterocycles. The first kappa shape index (κ1) is 30.6. The molecular formula is C36H51NO2. The predicted octanol–water partition coefficient (Wildman–Crippen LogP) is 9.49. The fraction of sp³-hybridized carbons (Fsp3) is 0.500. The maximum atomic E-state index is 11.3. The van der Waals surface area contributed by atoms with Gasteiger partial charge >= 0.3 is 0 Å². The van der Waals surface area contributed by atoms with Gasteiger partial charge in [-0.2, -0.15) is 0 Å². The van der Waals surface area contributed by atoms with Crippen LogP contribution in [0.1, 0.15) is 116 Å². The zero-order valence-corrected chi connectivity index (χ0v) is 26.5. The summed E-state index contributed by atoms with van der Waals surface area (Å²) >= 11 is 0. The first-order valence-corrected chi connectivity index (χ1v) is 14.2. The Morgan fingerprint density at radius 2 is 0.769 bits per heavy atom. The molecule has 3 heteroatoms. The van der Waals surface area contributed by atoms with E-state index in [-0.39, 0.29) is 21.7 Å². The fourth-order valence-electron chi connectivity index (χ4n) is 5.18. The summed E-state index contributed by atoms with van der Waals surface area (Å²) in [5.74, 6) is 0.821. The predicted molar refractivity (Wildman–Crippen MR) is 167 cm³/mol. The molecule has 0 heterocycles. The lowest BCUT2D eigenvalue weighted by Crippen LogP contribution is -2.25. The third kappa shape index (κ3) is 7.18. The van der Waals surface area contributed by atoms with Gasteiger partial charge in [-0.15, -0.1) is 0 Å². The SMILES string of the molecule is CC(C)(C)c1cc(CN(Cc2cc(C(C)(C)C)c(O)c(C(C)(C)C)c2)c2ccccc2)cc(C(C)(C)C)c1O. The van der Waals surface area contributed by atoms with Crippen LogP contribution in [0, 0.1) is 0 Å². The van der Waals surface area contributed by atoms with Gasteiger partial charge in [-0.05, 0) is 91.4 Å². The van der Waals surface area contributed by atoms with Crippen molar-refractivity contribution in [3.63, 3.8) is 0 Å². The molecule has 0 radical (unpaired) electrons. The summed E-state index contributed by atoms with van der Waals surface area (Å²) in [6.45, 7) is 27.3. The molecule has 0 atom stereocenters. The maximum Gasteiger partial charge on any atom is 0.123 e. The minimum Gasteiger partial charge on any atom is -0.507 e. The van der Waals surface area contributed by atoms with Crippen molar-refractivity contribution in [1.82, 2.24) is 0 Å². The van der Waals surface area contributed by atoms with Crippen LogP contribution < -0.4 is 4.90 Å². The summed E-state index contributed by atoms with van der Waals surface area (Å²) < 4.78 is 0. The Morgan fingerprint density at radius 1 is 0.487 bits per heavy atom. The topological polar surface area (TPSA) is 43.7 Å². The average molecular weight is 530 g/mol. The van der Waals surface area contributed by atoms with Gasteiger partial charge in [0, 0.05) is 18.8 Å². The van der Waals surface area contributed by atoms with Crippen molar-refractivity contribution in [3.8, 4) is 11.5 Å². The highest BCUT2D eigenvalue weighted by Gasteiger charge is 2.29. The van der Waals surface area contributed by atoms with Gasteiger partial charge in [0.05, 0.1) is 0 Å². The van der Waals surface area contributed by atoms with E-state index in [9.17, 15) is 10.2 Å². The van der Waals surface area contributed by atoms with Crippen LogP contribution in [0.15, 0.2) is 54.6 Å². The zero-order chi connectivity index (χ0) is 29.6. The minimum atomic E-state index is -0.183. The first-order chi connectivity index (χ1) is 17.7. The smallest absolute Gasteiger partial charge is 0.123 e. The molecule has 0 fully saturated rings. The molecule has 3 aromatic rings. The van der Waals surface area contributed by atoms with E-state index in [4.69, 9.17) is 0 Å². The zero-order valence-electron chi connectivity index (χ0n) is 26.5. The van der Waals surface area contributed by atoms with Crippen molar-refractivity contribution in [2.24, 2.45) is 0 Å². The monoisotopic (exact) mass is 529 g/mol. The Hall–Kier alpha value is -2.94. The molecule has 0 saturated carbocycles. The number of hydrogen-bond donors (Lipinski definition) is 2. The van der Waals surface area contributed by atoms with Crippen LogP contribution in [0.25, 0.3) is 0 Å². The molecule has 0 unspecified atom stereocenters. The second-order valence-corrected chi connectivity index (χ2v) is 15.3. The van der Waals surface area contributed by atoms with E-state index < -0.39 is 0 Å². The summed E-state index contributed by atoms with van der Waals surface area (Å²) in [4.78, 5) is 2.40. The van der Waals surface area contributed by atoms with Crippen LogP contribution in [0.4, 0.5) is 5.69 Å². The molecule has 2 N–H and O–H groups in total. The van der Waals surface area contributed by atoms with Crippen LogP contribution in [-0.2, 0) is 34.7 Å². The Morgan fingerprint density at radius 3 is 1.03 bits per heavy atom. The standard InChI is InChI=1S/C36H51NO2/c1-33(2,3)27-18-24(19-28(31(27)38)34(4,5)6)22-37(26-16-14-13-15-17-26)23-25-20-29(35(7,8)9)32(39)30(21-25)36(10,11)12/h13-21,38-39H,22-23H2,1-12H3. The van der Waals surface area contributed by atoms with E-state index in [1.165, 1.54) is 11.1 Å². The van der Waals surface area contributed by atoms with E-state index in [1.807, 2.05) is 6.07 Å². The lowest BCUT2D eigenvalue weighted by molar-refractivity contribution is 0.422. The van der Waals surface area contributed by atoms with Gasteiger partial charge in [0.25, 0.3) is 0 Å². The van der Waals surface area contributed by atoms with Crippen LogP contribution in [0.2, 0.25) is 0 Å². The number of para-hydroxylation sites is 1. The molecule has 3 aromatic carbocycles. The molecule has 3 rings (SSSR count). The van der Waals surface area contributed by atoms with Gasteiger partial charge in [-0.1, -0.05) is 101 Å². The van der Waals surface area contributed by atoms with Crippen molar-refractivity contribution in [1.29, 1.82) is 0 Å². The van der Waals surface area contributed by atoms with E-state index in [0.717, 1.165) is 27.9 Å². The number of nitrogens with zero attached hydrogens (tertiary/aromatic N) is 1. The highest BCUT2D eigenvalue weighted by atomic mass is 16.3. The van der Waals surface area contributed by atoms with Crippen LogP contribution in [-0.4, -0.2) is 10.2 Å². The summed E-state index contributed by atoms with van der Waals surface area (Å²) in [6, 6.07) is 19.2. The van der Waals surface area contributed by atoms with E-state index in [0.29, 0.717) is 24.6 Å². The van der Waals surface area contributed by atoms with Gasteiger partial charge in [-0.3, -0.25) is 0 Å². The average Bonchev–Trinajstić information content (AvgIpc) is 2.78. The highest BCUT2D eigenvalue weighted by Crippen LogP contribution is 2.42. The molecule has 0 bridgehead atoms. The molecule has 0 spiro atoms. The Bertz CT molecular complexity index is 1140. The largest absolute Gasteiger partial charge is 0.507 e. The van der Waals surface area contributed by atoms with Crippen molar-refractivity contribution >= 4 is 5.69 Å². The van der Waals surface area contributed by atoms with Crippen molar-refractivity contribution in [2.75, 3.05) is 4.90 Å². The second kappa shape index (κ2) is 10.6. The molecule has 0 aliphatic rings. The molecule has 212 valence electrons. The summed E-state index contributed by atoms with van der Waals surface area (Å²) in [6.07, 6.45) is 0. The van der Waals surface area contributed by atoms with Crippen LogP contribution >= 0.6 is 0 Å². The van der Waals surface area contributed by atoms with Crippen molar-refractivity contribution < 1.29 is 10.2 Å². The quantitative estimate of drug-likeness (QED) is 0.346. The summed E-state index contributed by atoms with van der Waals surface area (Å²) in [7, 11) is 0. The molecule has 39 heavy (non-hydrogen) atoms. The second-order valence-electron chi connectivity index (χ2n) is 15.3. The van der Waals surface area contributed by atoms with Gasteiger partial charge < -0.3 is 15.1 Å². The van der Waals surface area contributed by atoms with Gasteiger partial charge in [0.1, 0.15) is 11.5 Å². The van der Waals surface area contributed by atoms with Crippen LogP contribution in [0.3, 0.4) is 0 Å². The summed E-state index contributed by atoms with van der Waals surface area (Å²) in [5.41, 5.74) is 6.68. The fourth-order valence-corrected chi connectivity index (χ4v) is 5.18. The molecular weight excluding hydrogens is 478 g/mol. The molecule has 0 amide bonds. The lowest BCUT2D eigenvalue weighted by atomic mass is 9.78. The normalized spacial score (nSPS) is 13.0. The number of hydrogen-bond acceptors (Lipinski definition) is 3. The molecule has 3 nitrogen and oxygen atoms in total. The van der Waals surface area contributed by atoms with Gasteiger partial charge in [0.15, 0.2) is 0 Å². The minimum absolute atomic E-state index is 0.183. The Balaban J connectivity index is 2.18. The van der Waals surface area contributed by atoms with Gasteiger partial charge in [-0.25, -0.2) is 0 Å². The van der Waals surface area contributed by atoms with Crippen molar-refractivity contribution in [2.45, 2.75) is 118 Å². The van der Waals surface area contributed by atoms with Gasteiger partial charge in [0.2, 0.25) is 0 Å². The Labute approximate surface area is 237 Å². The Kier molecular flexibility index (Phi) is 8.29. The third-order valence-corrected chi connectivity index (χ3v) is 7.44. The maximum absolute atomic E-state index is 11.3. The van der Waals surface area contributed by atoms with E-state index in [2.05, 4.69) is 137 Å². The van der Waals surface area contributed by atoms with E-state index in [1.54, 1.807) is 0 Å². The lowest BCUT2D eigenvalue weighted by Gasteiger charge is -2.32. The highest BCUT2D eigenvalue weighted by molar-refractivity contribution is 5.54. The summed E-state index contributed by atoms with van der Waals surface area (Å²) in [5, 5.41) is 22.5. The number of anilines is 1. The first-order valence-electron chi connectivity index (χ1n) is 14.2. The van der Waals surface area contributed by atoms with Crippen molar-refractivity contribution in [3.05, 3.63) is 88.0 Å². The number of benzene rings is 3. The number of aromatic hydroxyl groups is 2. The number of rotatable bonds is 5. The number of phenols is 2. The molecule has 0 aliphatic carbocycles.